The molecule has 0 saturated heterocycles. The zero-order valence-electron chi connectivity index (χ0n) is 8.83. The van der Waals surface area contributed by atoms with E-state index in [1.807, 2.05) is 0 Å². The van der Waals surface area contributed by atoms with Crippen LogP contribution in [0.3, 0.4) is 0 Å². The minimum Gasteiger partial charge on any atom is -0.508 e. The fraction of sp³-hybridized carbons (Fsp3) is 0. The first kappa shape index (κ1) is 10.9. The Morgan fingerprint density at radius 1 is 1.06 bits per heavy atom. The van der Waals surface area contributed by atoms with Gasteiger partial charge in [-0.15, -0.1) is 0 Å². The highest BCUT2D eigenvalue weighted by molar-refractivity contribution is 5.72. The van der Waals surface area contributed by atoms with Crippen molar-refractivity contribution in [3.8, 4) is 16.9 Å². The molecule has 0 fully saturated rings. The molecule has 0 aliphatic heterocycles. The number of nitro groups is 1. The molecule has 2 rings (SSSR count). The molecule has 0 heterocycles. The first-order valence-electron chi connectivity index (χ1n) is 4.91. The van der Waals surface area contributed by atoms with Gasteiger partial charge in [-0.05, 0) is 29.3 Å². The van der Waals surface area contributed by atoms with Crippen LogP contribution in [0.25, 0.3) is 11.1 Å². The number of rotatable bonds is 2. The molecule has 0 unspecified atom stereocenters. The summed E-state index contributed by atoms with van der Waals surface area (Å²) in [6.07, 6.45) is 0. The molecular weight excluding hydrogens is 220 g/mol. The molecule has 5 nitrogen and oxygen atoms in total. The number of phenolic OH excluding ortho intramolecular Hbond substituents is 1. The predicted octanol–water partition coefficient (Wildman–Crippen LogP) is 2.55. The first-order chi connectivity index (χ1) is 8.08. The molecule has 0 amide bonds. The van der Waals surface area contributed by atoms with E-state index in [1.165, 1.54) is 24.3 Å². The minimum absolute atomic E-state index is 0.115. The van der Waals surface area contributed by atoms with Crippen LogP contribution in [0.15, 0.2) is 42.5 Å². The lowest BCUT2D eigenvalue weighted by Gasteiger charge is -2.03. The summed E-state index contributed by atoms with van der Waals surface area (Å²) >= 11 is 0. The van der Waals surface area contributed by atoms with Gasteiger partial charge in [0.1, 0.15) is 11.4 Å². The molecule has 0 bridgehead atoms. The molecule has 0 aliphatic carbocycles. The van der Waals surface area contributed by atoms with Gasteiger partial charge in [0.15, 0.2) is 0 Å². The predicted molar refractivity (Wildman–Crippen MR) is 64.6 cm³/mol. The molecule has 17 heavy (non-hydrogen) atoms. The van der Waals surface area contributed by atoms with Gasteiger partial charge in [-0.25, -0.2) is 0 Å². The number of phenols is 1. The lowest BCUT2D eigenvalue weighted by molar-refractivity contribution is -0.383. The summed E-state index contributed by atoms with van der Waals surface area (Å²) < 4.78 is 0. The fourth-order valence-electron chi connectivity index (χ4n) is 1.54. The minimum atomic E-state index is -0.515. The zero-order valence-corrected chi connectivity index (χ0v) is 8.83. The first-order valence-corrected chi connectivity index (χ1v) is 4.91. The standard InChI is InChI=1S/C12H10N2O3/c13-11-6-3-9(7-12(11)14(16)17)8-1-4-10(15)5-2-8/h1-7,15H,13H2. The number of anilines is 1. The Bertz CT molecular complexity index is 564. The topological polar surface area (TPSA) is 89.4 Å². The van der Waals surface area contributed by atoms with Crippen LogP contribution in [0.4, 0.5) is 11.4 Å². The van der Waals surface area contributed by atoms with Crippen LogP contribution >= 0.6 is 0 Å². The van der Waals surface area contributed by atoms with Crippen LogP contribution in [0, 0.1) is 10.1 Å². The molecule has 5 heteroatoms. The number of nitrogen functional groups attached to an aromatic ring is 1. The van der Waals surface area contributed by atoms with Crippen LogP contribution < -0.4 is 5.73 Å². The van der Waals surface area contributed by atoms with Gasteiger partial charge < -0.3 is 10.8 Å². The van der Waals surface area contributed by atoms with Crippen LogP contribution in [0.5, 0.6) is 5.75 Å². The summed E-state index contributed by atoms with van der Waals surface area (Å²) in [7, 11) is 0. The van der Waals surface area contributed by atoms with Crippen molar-refractivity contribution in [2.45, 2.75) is 0 Å². The molecule has 0 atom stereocenters. The summed E-state index contributed by atoms with van der Waals surface area (Å²) in [5.74, 6) is 0.152. The van der Waals surface area contributed by atoms with Gasteiger partial charge in [0.25, 0.3) is 5.69 Å². The number of nitrogens with two attached hydrogens (primary N) is 1. The Morgan fingerprint density at radius 2 is 1.65 bits per heavy atom. The van der Waals surface area contributed by atoms with Crippen molar-refractivity contribution < 1.29 is 10.0 Å². The number of aromatic hydroxyl groups is 1. The maximum atomic E-state index is 10.7. The number of nitro benzene ring substituents is 1. The van der Waals surface area contributed by atoms with Crippen LogP contribution in [0.2, 0.25) is 0 Å². The number of hydrogen-bond donors (Lipinski definition) is 2. The molecular formula is C12H10N2O3. The maximum absolute atomic E-state index is 10.7. The van der Waals surface area contributed by atoms with E-state index in [4.69, 9.17) is 10.8 Å². The lowest BCUT2D eigenvalue weighted by atomic mass is 10.0. The molecule has 0 radical (unpaired) electrons. The van der Waals surface area contributed by atoms with E-state index in [9.17, 15) is 10.1 Å². The van der Waals surface area contributed by atoms with Gasteiger partial charge in [0.05, 0.1) is 4.92 Å². The lowest BCUT2D eigenvalue weighted by Crippen LogP contribution is -1.95. The quantitative estimate of drug-likeness (QED) is 0.471. The Morgan fingerprint density at radius 3 is 2.24 bits per heavy atom. The average molecular weight is 230 g/mol. The summed E-state index contributed by atoms with van der Waals surface area (Å²) in [4.78, 5) is 10.2. The Kier molecular flexibility index (Phi) is 2.66. The summed E-state index contributed by atoms with van der Waals surface area (Å²) in [6.45, 7) is 0. The highest BCUT2D eigenvalue weighted by Gasteiger charge is 2.12. The second kappa shape index (κ2) is 4.13. The third-order valence-electron chi connectivity index (χ3n) is 2.43. The molecule has 0 aromatic heterocycles. The van der Waals surface area contributed by atoms with Crippen LogP contribution in [-0.2, 0) is 0 Å². The van der Waals surface area contributed by atoms with Gasteiger partial charge in [-0.1, -0.05) is 18.2 Å². The van der Waals surface area contributed by atoms with Crippen molar-refractivity contribution in [3.63, 3.8) is 0 Å². The summed E-state index contributed by atoms with van der Waals surface area (Å²) in [5.41, 5.74) is 7.00. The van der Waals surface area contributed by atoms with Crippen molar-refractivity contribution in [1.29, 1.82) is 0 Å². The number of hydrogen-bond acceptors (Lipinski definition) is 4. The highest BCUT2D eigenvalue weighted by atomic mass is 16.6. The smallest absolute Gasteiger partial charge is 0.292 e. The van der Waals surface area contributed by atoms with Gasteiger partial charge in [-0.3, -0.25) is 10.1 Å². The van der Waals surface area contributed by atoms with E-state index >= 15 is 0 Å². The van der Waals surface area contributed by atoms with E-state index < -0.39 is 4.92 Å². The normalized spacial score (nSPS) is 10.1. The maximum Gasteiger partial charge on any atom is 0.292 e. The van der Waals surface area contributed by atoms with E-state index in [-0.39, 0.29) is 17.1 Å². The van der Waals surface area contributed by atoms with E-state index in [2.05, 4.69) is 0 Å². The van der Waals surface area contributed by atoms with Gasteiger partial charge >= 0.3 is 0 Å². The van der Waals surface area contributed by atoms with Crippen molar-refractivity contribution in [1.82, 2.24) is 0 Å². The highest BCUT2D eigenvalue weighted by Crippen LogP contribution is 2.29. The Balaban J connectivity index is 2.50. The van der Waals surface area contributed by atoms with Gasteiger partial charge in [-0.2, -0.15) is 0 Å². The van der Waals surface area contributed by atoms with Gasteiger partial charge in [0.2, 0.25) is 0 Å². The van der Waals surface area contributed by atoms with Crippen molar-refractivity contribution >= 4 is 11.4 Å². The van der Waals surface area contributed by atoms with Gasteiger partial charge in [0, 0.05) is 6.07 Å². The SMILES string of the molecule is Nc1ccc(-c2ccc(O)cc2)cc1[N+](=O)[O-]. The van der Waals surface area contributed by atoms with Crippen molar-refractivity contribution in [2.24, 2.45) is 0 Å². The van der Waals surface area contributed by atoms with E-state index in [1.54, 1.807) is 18.2 Å². The largest absolute Gasteiger partial charge is 0.508 e. The van der Waals surface area contributed by atoms with E-state index in [0.29, 0.717) is 5.56 Å². The summed E-state index contributed by atoms with van der Waals surface area (Å²) in [5, 5.41) is 19.9. The molecule has 2 aromatic rings. The molecule has 0 spiro atoms. The van der Waals surface area contributed by atoms with Crippen molar-refractivity contribution in [2.75, 3.05) is 5.73 Å². The van der Waals surface area contributed by atoms with E-state index in [0.717, 1.165) is 5.56 Å². The van der Waals surface area contributed by atoms with Crippen LogP contribution in [-0.4, -0.2) is 10.0 Å². The fourth-order valence-corrected chi connectivity index (χ4v) is 1.54. The number of nitrogens with zero attached hydrogens (tertiary/aromatic N) is 1. The summed E-state index contributed by atoms with van der Waals surface area (Å²) in [6, 6.07) is 11.0. The molecule has 0 saturated carbocycles. The second-order valence-electron chi connectivity index (χ2n) is 3.58. The number of benzene rings is 2. The third kappa shape index (κ3) is 2.17. The molecule has 0 aliphatic rings. The molecule has 3 N–H and O–H groups in total. The Hall–Kier alpha value is -2.56. The molecule has 86 valence electrons. The Labute approximate surface area is 97.3 Å². The second-order valence-corrected chi connectivity index (χ2v) is 3.58. The zero-order chi connectivity index (χ0) is 12.4. The average Bonchev–Trinajstić information content (AvgIpc) is 2.30. The van der Waals surface area contributed by atoms with Crippen LogP contribution in [0.1, 0.15) is 0 Å². The monoisotopic (exact) mass is 230 g/mol. The third-order valence-corrected chi connectivity index (χ3v) is 2.43. The molecule has 2 aromatic carbocycles. The van der Waals surface area contributed by atoms with Crippen molar-refractivity contribution in [3.05, 3.63) is 52.6 Å².